The zero-order valence-electron chi connectivity index (χ0n) is 12.5. The highest BCUT2D eigenvalue weighted by Gasteiger charge is 2.17. The van der Waals surface area contributed by atoms with E-state index in [2.05, 4.69) is 4.72 Å². The Hall–Kier alpha value is -2.41. The lowest BCUT2D eigenvalue weighted by atomic mass is 10.2. The van der Waals surface area contributed by atoms with Gasteiger partial charge >= 0.3 is 5.97 Å². The van der Waals surface area contributed by atoms with Gasteiger partial charge in [-0.05, 0) is 48.9 Å². The fraction of sp³-hybridized carbons (Fsp3) is 0.188. The van der Waals surface area contributed by atoms with Crippen molar-refractivity contribution in [2.24, 2.45) is 0 Å². The van der Waals surface area contributed by atoms with Crippen molar-refractivity contribution in [1.82, 2.24) is 0 Å². The lowest BCUT2D eigenvalue weighted by Crippen LogP contribution is -2.14. The van der Waals surface area contributed by atoms with Crippen LogP contribution in [0.5, 0.6) is 0 Å². The summed E-state index contributed by atoms with van der Waals surface area (Å²) < 4.78 is 44.8. The molecule has 0 saturated carbocycles. The molecule has 0 spiro atoms. The van der Waals surface area contributed by atoms with Gasteiger partial charge in [0.2, 0.25) is 0 Å². The van der Waals surface area contributed by atoms with E-state index >= 15 is 0 Å². The van der Waals surface area contributed by atoms with Gasteiger partial charge in [-0.1, -0.05) is 13.0 Å². The van der Waals surface area contributed by atoms with Gasteiger partial charge in [0.25, 0.3) is 10.0 Å². The average molecular weight is 337 g/mol. The zero-order valence-corrected chi connectivity index (χ0v) is 13.3. The summed E-state index contributed by atoms with van der Waals surface area (Å²) >= 11 is 0. The SMILES string of the molecule is CCCOC(=O)c1cccc(S(=O)(=O)Nc2ccc(F)cc2)c1. The van der Waals surface area contributed by atoms with Crippen LogP contribution in [0.2, 0.25) is 0 Å². The summed E-state index contributed by atoms with van der Waals surface area (Å²) in [6.45, 7) is 2.13. The predicted octanol–water partition coefficient (Wildman–Crippen LogP) is 3.19. The average Bonchev–Trinajstić information content (AvgIpc) is 2.54. The maximum absolute atomic E-state index is 12.9. The molecule has 0 amide bonds. The van der Waals surface area contributed by atoms with Crippen LogP contribution in [0.15, 0.2) is 53.4 Å². The third-order valence-electron chi connectivity index (χ3n) is 2.91. The fourth-order valence-corrected chi connectivity index (χ4v) is 2.90. The van der Waals surface area contributed by atoms with Gasteiger partial charge < -0.3 is 4.74 Å². The first-order valence-corrected chi connectivity index (χ1v) is 8.46. The van der Waals surface area contributed by atoms with Crippen molar-refractivity contribution < 1.29 is 22.3 Å². The summed E-state index contributed by atoms with van der Waals surface area (Å²) in [5.74, 6) is -1.04. The van der Waals surface area contributed by atoms with Gasteiger partial charge in [-0.15, -0.1) is 0 Å². The van der Waals surface area contributed by atoms with Gasteiger partial charge in [0.15, 0.2) is 0 Å². The number of anilines is 1. The van der Waals surface area contributed by atoms with Crippen LogP contribution in [0.4, 0.5) is 10.1 Å². The highest BCUT2D eigenvalue weighted by molar-refractivity contribution is 7.92. The standard InChI is InChI=1S/C16H16FNO4S/c1-2-10-22-16(19)12-4-3-5-15(11-12)23(20,21)18-14-8-6-13(17)7-9-14/h3-9,11,18H,2,10H2,1H3. The molecule has 0 aromatic heterocycles. The Morgan fingerprint density at radius 1 is 1.17 bits per heavy atom. The molecule has 2 aromatic carbocycles. The number of hydrogen-bond donors (Lipinski definition) is 1. The second kappa shape index (κ2) is 7.23. The van der Waals surface area contributed by atoms with Crippen LogP contribution in [0, 0.1) is 5.82 Å². The Labute approximate surface area is 134 Å². The van der Waals surface area contributed by atoms with Crippen LogP contribution in [0.1, 0.15) is 23.7 Å². The minimum absolute atomic E-state index is 0.0761. The molecule has 2 aromatic rings. The van der Waals surface area contributed by atoms with E-state index < -0.39 is 21.8 Å². The zero-order chi connectivity index (χ0) is 16.9. The van der Waals surface area contributed by atoms with Gasteiger partial charge in [0.05, 0.1) is 17.1 Å². The Bertz CT molecular complexity index is 788. The maximum Gasteiger partial charge on any atom is 0.338 e. The Morgan fingerprint density at radius 3 is 2.52 bits per heavy atom. The molecule has 0 aliphatic rings. The summed E-state index contributed by atoms with van der Waals surface area (Å²) in [5.41, 5.74) is 0.380. The molecule has 23 heavy (non-hydrogen) atoms. The van der Waals surface area contributed by atoms with Crippen LogP contribution in [0.25, 0.3) is 0 Å². The first-order valence-electron chi connectivity index (χ1n) is 6.98. The lowest BCUT2D eigenvalue weighted by Gasteiger charge is -2.09. The minimum atomic E-state index is -3.88. The van der Waals surface area contributed by atoms with Crippen molar-refractivity contribution in [3.63, 3.8) is 0 Å². The highest BCUT2D eigenvalue weighted by Crippen LogP contribution is 2.18. The number of hydrogen-bond acceptors (Lipinski definition) is 4. The minimum Gasteiger partial charge on any atom is -0.462 e. The quantitative estimate of drug-likeness (QED) is 0.822. The van der Waals surface area contributed by atoms with Gasteiger partial charge in [-0.2, -0.15) is 0 Å². The summed E-state index contributed by atoms with van der Waals surface area (Å²) in [6.07, 6.45) is 0.676. The molecule has 2 rings (SSSR count). The van der Waals surface area contributed by atoms with Crippen molar-refractivity contribution in [2.45, 2.75) is 18.2 Å². The molecule has 1 N–H and O–H groups in total. The molecule has 0 aliphatic carbocycles. The normalized spacial score (nSPS) is 11.0. The molecule has 0 unspecified atom stereocenters. The molecule has 5 nitrogen and oxygen atoms in total. The number of ether oxygens (including phenoxy) is 1. The molecular weight excluding hydrogens is 321 g/mol. The van der Waals surface area contributed by atoms with E-state index in [1.165, 1.54) is 36.4 Å². The maximum atomic E-state index is 12.9. The highest BCUT2D eigenvalue weighted by atomic mass is 32.2. The van der Waals surface area contributed by atoms with Crippen LogP contribution in [0.3, 0.4) is 0 Å². The van der Waals surface area contributed by atoms with Crippen LogP contribution in [-0.4, -0.2) is 21.0 Å². The number of rotatable bonds is 6. The van der Waals surface area contributed by atoms with E-state index in [1.54, 1.807) is 0 Å². The lowest BCUT2D eigenvalue weighted by molar-refractivity contribution is 0.0505. The number of carbonyl (C=O) groups excluding carboxylic acids is 1. The molecule has 0 radical (unpaired) electrons. The molecule has 0 aliphatic heterocycles. The summed E-state index contributed by atoms with van der Waals surface area (Å²) in [4.78, 5) is 11.7. The topological polar surface area (TPSA) is 72.5 Å². The molecular formula is C16H16FNO4S. The van der Waals surface area contributed by atoms with Crippen molar-refractivity contribution in [1.29, 1.82) is 0 Å². The number of nitrogens with one attached hydrogen (secondary N) is 1. The van der Waals surface area contributed by atoms with E-state index in [-0.39, 0.29) is 22.8 Å². The Kier molecular flexibility index (Phi) is 5.33. The van der Waals surface area contributed by atoms with Gasteiger partial charge in [-0.25, -0.2) is 17.6 Å². The summed E-state index contributed by atoms with van der Waals surface area (Å²) in [6, 6.07) is 10.5. The molecule has 7 heteroatoms. The first-order chi connectivity index (χ1) is 10.9. The number of halogens is 1. The van der Waals surface area contributed by atoms with Gasteiger partial charge in [0.1, 0.15) is 5.82 Å². The number of carbonyl (C=O) groups is 1. The molecule has 0 atom stereocenters. The summed E-state index contributed by atoms with van der Waals surface area (Å²) in [7, 11) is -3.88. The van der Waals surface area contributed by atoms with Crippen molar-refractivity contribution >= 4 is 21.7 Å². The third kappa shape index (κ3) is 4.53. The van der Waals surface area contributed by atoms with Crippen molar-refractivity contribution in [3.05, 3.63) is 59.9 Å². The van der Waals surface area contributed by atoms with Crippen LogP contribution >= 0.6 is 0 Å². The fourth-order valence-electron chi connectivity index (χ4n) is 1.80. The number of benzene rings is 2. The third-order valence-corrected chi connectivity index (χ3v) is 4.29. The second-order valence-corrected chi connectivity index (χ2v) is 6.46. The summed E-state index contributed by atoms with van der Waals surface area (Å²) in [5, 5.41) is 0. The molecule has 0 saturated heterocycles. The van der Waals surface area contributed by atoms with Crippen molar-refractivity contribution in [3.8, 4) is 0 Å². The first kappa shape index (κ1) is 17.0. The van der Waals surface area contributed by atoms with Crippen LogP contribution in [-0.2, 0) is 14.8 Å². The number of sulfonamides is 1. The molecule has 0 fully saturated rings. The van der Waals surface area contributed by atoms with Crippen molar-refractivity contribution in [2.75, 3.05) is 11.3 Å². The van der Waals surface area contributed by atoms with Gasteiger partial charge in [0, 0.05) is 5.69 Å². The Balaban J connectivity index is 2.22. The van der Waals surface area contributed by atoms with E-state index in [0.717, 1.165) is 12.1 Å². The largest absolute Gasteiger partial charge is 0.462 e. The van der Waals surface area contributed by atoms with E-state index in [4.69, 9.17) is 4.74 Å². The smallest absolute Gasteiger partial charge is 0.338 e. The molecule has 0 bridgehead atoms. The monoisotopic (exact) mass is 337 g/mol. The van der Waals surface area contributed by atoms with E-state index in [1.807, 2.05) is 6.92 Å². The molecule has 0 heterocycles. The van der Waals surface area contributed by atoms with E-state index in [0.29, 0.717) is 6.42 Å². The molecule has 122 valence electrons. The van der Waals surface area contributed by atoms with E-state index in [9.17, 15) is 17.6 Å². The second-order valence-electron chi connectivity index (χ2n) is 4.78. The van der Waals surface area contributed by atoms with Gasteiger partial charge in [-0.3, -0.25) is 4.72 Å². The number of esters is 1. The Morgan fingerprint density at radius 2 is 1.87 bits per heavy atom. The predicted molar refractivity (Wildman–Crippen MR) is 84.2 cm³/mol. The van der Waals surface area contributed by atoms with Crippen LogP contribution < -0.4 is 4.72 Å².